The number of nitrogens with one attached hydrogen (secondary N) is 3. The third-order valence-electron chi connectivity index (χ3n) is 5.93. The van der Waals surface area contributed by atoms with Gasteiger partial charge >= 0.3 is 11.8 Å². The Balaban J connectivity index is 1.49. The summed E-state index contributed by atoms with van der Waals surface area (Å²) >= 11 is 6.05. The van der Waals surface area contributed by atoms with Crippen LogP contribution in [-0.2, 0) is 16.1 Å². The van der Waals surface area contributed by atoms with E-state index in [2.05, 4.69) is 30.2 Å². The van der Waals surface area contributed by atoms with Crippen LogP contribution in [0.25, 0.3) is 11.3 Å². The van der Waals surface area contributed by atoms with Crippen LogP contribution in [0.2, 0.25) is 5.02 Å². The molecule has 1 saturated heterocycles. The molecule has 3 heterocycles. The van der Waals surface area contributed by atoms with Crippen molar-refractivity contribution >= 4 is 29.3 Å². The zero-order chi connectivity index (χ0) is 25.1. The Morgan fingerprint density at radius 2 is 1.91 bits per heavy atom. The van der Waals surface area contributed by atoms with Crippen molar-refractivity contribution in [2.45, 2.75) is 32.2 Å². The molecular formula is C22H24ClN7O5. The van der Waals surface area contributed by atoms with Crippen LogP contribution in [0.5, 0.6) is 0 Å². The first kappa shape index (κ1) is 24.2. The molecule has 13 heteroatoms. The number of aromatic nitrogens is 5. The van der Waals surface area contributed by atoms with Crippen molar-refractivity contribution < 1.29 is 14.3 Å². The molecule has 3 N–H and O–H groups in total. The third kappa shape index (κ3) is 5.43. The zero-order valence-electron chi connectivity index (χ0n) is 19.1. The number of ether oxygens (including phenoxy) is 1. The van der Waals surface area contributed by atoms with Crippen molar-refractivity contribution in [3.8, 4) is 11.3 Å². The molecule has 0 bridgehead atoms. The maximum absolute atomic E-state index is 12.9. The highest BCUT2D eigenvalue weighted by Crippen LogP contribution is 2.29. The highest BCUT2D eigenvalue weighted by atomic mass is 35.5. The minimum absolute atomic E-state index is 0.0654. The number of benzene rings is 1. The number of anilines is 1. The maximum Gasteiger partial charge on any atom is 0.411 e. The summed E-state index contributed by atoms with van der Waals surface area (Å²) in [5.74, 6) is 0.815. The van der Waals surface area contributed by atoms with E-state index in [1.807, 2.05) is 0 Å². The van der Waals surface area contributed by atoms with Gasteiger partial charge in [0.1, 0.15) is 18.2 Å². The molecule has 1 aromatic carbocycles. The first-order chi connectivity index (χ1) is 16.7. The van der Waals surface area contributed by atoms with Crippen molar-refractivity contribution in [1.29, 1.82) is 0 Å². The van der Waals surface area contributed by atoms with Crippen molar-refractivity contribution in [1.82, 2.24) is 29.6 Å². The molecule has 2 aromatic heterocycles. The van der Waals surface area contributed by atoms with Crippen LogP contribution in [0, 0.1) is 6.92 Å². The lowest BCUT2D eigenvalue weighted by Gasteiger charge is -2.31. The summed E-state index contributed by atoms with van der Waals surface area (Å²) in [6, 6.07) is 6.10. The molecule has 12 nitrogen and oxygen atoms in total. The van der Waals surface area contributed by atoms with E-state index in [0.29, 0.717) is 59.5 Å². The van der Waals surface area contributed by atoms with Crippen molar-refractivity contribution in [3.63, 3.8) is 0 Å². The second-order valence-electron chi connectivity index (χ2n) is 8.13. The van der Waals surface area contributed by atoms with Gasteiger partial charge in [-0.05, 0) is 38.0 Å². The second kappa shape index (κ2) is 10.1. The van der Waals surface area contributed by atoms with Crippen LogP contribution in [-0.4, -0.2) is 61.8 Å². The standard InChI is InChI=1S/C22H24ClN7O5/c1-12-24-17(15-4-3-14(23)9-16(15)25-22(34)35-2)10-18(31)30(12)11-19(32)29-7-5-13(6-8-29)20-26-21(33)28-27-20/h3-4,9-10,13H,5-8,11H2,1-2H3,(H,25,34)(H2,26,27,28,33). The number of amides is 2. The molecule has 3 aromatic rings. The molecule has 184 valence electrons. The Kier molecular flexibility index (Phi) is 7.01. The Bertz CT molecular complexity index is 1370. The first-order valence-electron chi connectivity index (χ1n) is 10.9. The van der Waals surface area contributed by atoms with E-state index >= 15 is 0 Å². The highest BCUT2D eigenvalue weighted by Gasteiger charge is 2.26. The number of methoxy groups -OCH3 is 1. The van der Waals surface area contributed by atoms with Gasteiger partial charge in [0.15, 0.2) is 0 Å². The number of hydrogen-bond acceptors (Lipinski definition) is 7. The summed E-state index contributed by atoms with van der Waals surface area (Å²) in [5, 5.41) is 8.15. The number of likely N-dealkylation sites (tertiary alicyclic amines) is 1. The van der Waals surface area contributed by atoms with Crippen LogP contribution in [0.4, 0.5) is 10.5 Å². The predicted octanol–water partition coefficient (Wildman–Crippen LogP) is 1.87. The van der Waals surface area contributed by atoms with Gasteiger partial charge in [-0.2, -0.15) is 4.98 Å². The molecule has 0 unspecified atom stereocenters. The first-order valence-corrected chi connectivity index (χ1v) is 11.3. The minimum atomic E-state index is -0.688. The van der Waals surface area contributed by atoms with E-state index in [9.17, 15) is 19.2 Å². The summed E-state index contributed by atoms with van der Waals surface area (Å²) in [4.78, 5) is 58.9. The third-order valence-corrected chi connectivity index (χ3v) is 6.16. The zero-order valence-corrected chi connectivity index (χ0v) is 19.9. The summed E-state index contributed by atoms with van der Waals surface area (Å²) in [5.41, 5.74) is 0.329. The second-order valence-corrected chi connectivity index (χ2v) is 8.56. The molecule has 1 aliphatic heterocycles. The van der Waals surface area contributed by atoms with Crippen molar-refractivity contribution in [2.24, 2.45) is 0 Å². The molecule has 2 amide bonds. The summed E-state index contributed by atoms with van der Waals surface area (Å²) in [6.45, 7) is 2.48. The predicted molar refractivity (Wildman–Crippen MR) is 127 cm³/mol. The molecule has 35 heavy (non-hydrogen) atoms. The largest absolute Gasteiger partial charge is 0.453 e. The smallest absolute Gasteiger partial charge is 0.411 e. The molecule has 0 spiro atoms. The number of nitrogens with zero attached hydrogens (tertiary/aromatic N) is 4. The van der Waals surface area contributed by atoms with E-state index in [1.165, 1.54) is 23.8 Å². The van der Waals surface area contributed by atoms with Gasteiger partial charge in [0.2, 0.25) is 5.91 Å². The molecule has 0 radical (unpaired) electrons. The number of piperidine rings is 1. The fourth-order valence-corrected chi connectivity index (χ4v) is 4.24. The molecular weight excluding hydrogens is 478 g/mol. The molecule has 4 rings (SSSR count). The maximum atomic E-state index is 12.9. The Morgan fingerprint density at radius 3 is 2.54 bits per heavy atom. The number of carbonyl (C=O) groups is 2. The monoisotopic (exact) mass is 501 g/mol. The fraction of sp³-hybridized carbons (Fsp3) is 0.364. The van der Waals surface area contributed by atoms with Gasteiger partial charge in [-0.1, -0.05) is 11.6 Å². The van der Waals surface area contributed by atoms with Crippen LogP contribution in [0.3, 0.4) is 0 Å². The number of aryl methyl sites for hydroxylation is 1. The number of carbonyl (C=O) groups excluding carboxylic acids is 2. The molecule has 0 aliphatic carbocycles. The van der Waals surface area contributed by atoms with Gasteiger partial charge in [-0.25, -0.2) is 19.7 Å². The Labute approximate surface area is 204 Å². The minimum Gasteiger partial charge on any atom is -0.453 e. The number of H-pyrrole nitrogens is 2. The van der Waals surface area contributed by atoms with Crippen LogP contribution < -0.4 is 16.6 Å². The normalized spacial score (nSPS) is 14.1. The van der Waals surface area contributed by atoms with Gasteiger partial charge in [0.05, 0.1) is 18.5 Å². The van der Waals surface area contributed by atoms with Crippen LogP contribution in [0.15, 0.2) is 33.9 Å². The summed E-state index contributed by atoms with van der Waals surface area (Å²) in [6.07, 6.45) is 0.625. The van der Waals surface area contributed by atoms with Crippen molar-refractivity contribution in [2.75, 3.05) is 25.5 Å². The number of halogens is 1. The number of hydrogen-bond donors (Lipinski definition) is 3. The fourth-order valence-electron chi connectivity index (χ4n) is 4.07. The molecule has 0 saturated carbocycles. The molecule has 0 atom stereocenters. The lowest BCUT2D eigenvalue weighted by Crippen LogP contribution is -2.41. The van der Waals surface area contributed by atoms with Crippen LogP contribution in [0.1, 0.15) is 30.4 Å². The SMILES string of the molecule is COC(=O)Nc1cc(Cl)ccc1-c1cc(=O)n(CC(=O)N2CCC(c3nc(=O)[nH][nH]3)CC2)c(C)n1. The van der Waals surface area contributed by atoms with E-state index in [-0.39, 0.29) is 18.4 Å². The van der Waals surface area contributed by atoms with Gasteiger partial charge in [-0.15, -0.1) is 0 Å². The van der Waals surface area contributed by atoms with Gasteiger partial charge in [0.25, 0.3) is 5.56 Å². The lowest BCUT2D eigenvalue weighted by molar-refractivity contribution is -0.133. The van der Waals surface area contributed by atoms with E-state index in [4.69, 9.17) is 11.6 Å². The Morgan fingerprint density at radius 1 is 1.17 bits per heavy atom. The summed E-state index contributed by atoms with van der Waals surface area (Å²) in [7, 11) is 1.24. The summed E-state index contributed by atoms with van der Waals surface area (Å²) < 4.78 is 5.96. The van der Waals surface area contributed by atoms with E-state index in [1.54, 1.807) is 24.0 Å². The lowest BCUT2D eigenvalue weighted by atomic mass is 9.96. The van der Waals surface area contributed by atoms with E-state index < -0.39 is 17.3 Å². The highest BCUT2D eigenvalue weighted by molar-refractivity contribution is 6.31. The van der Waals surface area contributed by atoms with Gasteiger partial charge in [-0.3, -0.25) is 24.6 Å². The molecule has 1 aliphatic rings. The average Bonchev–Trinajstić information content (AvgIpc) is 3.27. The topological polar surface area (TPSA) is 155 Å². The Hall–Kier alpha value is -3.93. The number of rotatable bonds is 5. The van der Waals surface area contributed by atoms with Gasteiger partial charge < -0.3 is 9.64 Å². The number of aromatic amines is 2. The van der Waals surface area contributed by atoms with Crippen LogP contribution >= 0.6 is 11.6 Å². The van der Waals surface area contributed by atoms with E-state index in [0.717, 1.165) is 0 Å². The quantitative estimate of drug-likeness (QED) is 0.482. The van der Waals surface area contributed by atoms with Crippen molar-refractivity contribution in [3.05, 3.63) is 61.8 Å². The van der Waals surface area contributed by atoms with Gasteiger partial charge in [0, 0.05) is 35.7 Å². The average molecular weight is 502 g/mol. The molecule has 1 fully saturated rings.